The quantitative estimate of drug-likeness (QED) is 0.891. The molecule has 1 aliphatic rings. The first-order valence-electron chi connectivity index (χ1n) is 6.68. The molecule has 2 rings (SSSR count). The predicted octanol–water partition coefficient (Wildman–Crippen LogP) is 4.22. The summed E-state index contributed by atoms with van der Waals surface area (Å²) in [7, 11) is 0. The molecule has 1 aromatic rings. The molecule has 102 valence electrons. The zero-order valence-electron chi connectivity index (χ0n) is 11.4. The molecule has 18 heavy (non-hydrogen) atoms. The van der Waals surface area contributed by atoms with Gasteiger partial charge in [0, 0.05) is 16.8 Å². The first kappa shape index (κ1) is 14.5. The minimum absolute atomic E-state index is 0.319. The lowest BCUT2D eigenvalue weighted by Gasteiger charge is -2.29. The fourth-order valence-electron chi connectivity index (χ4n) is 3.01. The van der Waals surface area contributed by atoms with Crippen LogP contribution in [0.2, 0.25) is 0 Å². The predicted molar refractivity (Wildman–Crippen MR) is 81.1 cm³/mol. The average Bonchev–Trinajstić information content (AvgIpc) is 2.83. The van der Waals surface area contributed by atoms with Crippen molar-refractivity contribution in [2.45, 2.75) is 45.9 Å². The van der Waals surface area contributed by atoms with Crippen molar-refractivity contribution in [2.24, 2.45) is 11.8 Å². The molecule has 1 aliphatic heterocycles. The van der Waals surface area contributed by atoms with Crippen LogP contribution in [0.1, 0.15) is 38.6 Å². The summed E-state index contributed by atoms with van der Waals surface area (Å²) < 4.78 is 7.20. The van der Waals surface area contributed by atoms with Gasteiger partial charge in [0.1, 0.15) is 0 Å². The summed E-state index contributed by atoms with van der Waals surface area (Å²) in [6.07, 6.45) is 0.675. The number of ether oxygens (including phenoxy) is 1. The van der Waals surface area contributed by atoms with Crippen LogP contribution in [-0.4, -0.2) is 18.8 Å². The van der Waals surface area contributed by atoms with Gasteiger partial charge in [-0.15, -0.1) is 11.3 Å². The molecular formula is C14H22BrNOS. The molecule has 1 aromatic heterocycles. The number of hydrogen-bond donors (Lipinski definition) is 1. The van der Waals surface area contributed by atoms with E-state index in [4.69, 9.17) is 4.74 Å². The second-order valence-corrected chi connectivity index (χ2v) is 7.65. The van der Waals surface area contributed by atoms with E-state index >= 15 is 0 Å². The van der Waals surface area contributed by atoms with E-state index in [1.165, 1.54) is 8.66 Å². The highest BCUT2D eigenvalue weighted by atomic mass is 79.9. The number of thiophene rings is 1. The van der Waals surface area contributed by atoms with Gasteiger partial charge in [0.15, 0.2) is 0 Å². The minimum Gasteiger partial charge on any atom is -0.375 e. The molecule has 0 saturated carbocycles. The standard InChI is InChI=1S/C14H22BrNOS/c1-5-16-14(11-6-7-12(15)18-11)13-8(2)9(3)17-10(13)4/h6-10,13-14,16H,5H2,1-4H3. The smallest absolute Gasteiger partial charge is 0.0701 e. The van der Waals surface area contributed by atoms with Crippen LogP contribution in [0.15, 0.2) is 15.9 Å². The van der Waals surface area contributed by atoms with Crippen LogP contribution in [0.3, 0.4) is 0 Å². The number of halogens is 1. The summed E-state index contributed by atoms with van der Waals surface area (Å²) >= 11 is 5.39. The van der Waals surface area contributed by atoms with E-state index in [1.54, 1.807) is 0 Å². The molecule has 5 unspecified atom stereocenters. The van der Waals surface area contributed by atoms with E-state index in [0.717, 1.165) is 6.54 Å². The Morgan fingerprint density at radius 3 is 2.50 bits per heavy atom. The summed E-state index contributed by atoms with van der Waals surface area (Å²) in [6.45, 7) is 9.87. The molecule has 1 N–H and O–H groups in total. The van der Waals surface area contributed by atoms with Gasteiger partial charge in [0.25, 0.3) is 0 Å². The van der Waals surface area contributed by atoms with Crippen molar-refractivity contribution in [2.75, 3.05) is 6.54 Å². The first-order chi connectivity index (χ1) is 8.54. The largest absolute Gasteiger partial charge is 0.375 e. The Hall–Kier alpha value is 0.1000. The van der Waals surface area contributed by atoms with Gasteiger partial charge < -0.3 is 10.1 Å². The molecule has 0 radical (unpaired) electrons. The molecule has 0 aromatic carbocycles. The maximum Gasteiger partial charge on any atom is 0.0701 e. The molecule has 0 aliphatic carbocycles. The van der Waals surface area contributed by atoms with E-state index in [1.807, 2.05) is 11.3 Å². The molecule has 1 fully saturated rings. The molecule has 2 heterocycles. The van der Waals surface area contributed by atoms with Crippen molar-refractivity contribution >= 4 is 27.3 Å². The normalized spacial score (nSPS) is 33.8. The summed E-state index contributed by atoms with van der Waals surface area (Å²) in [5.74, 6) is 1.13. The molecule has 5 atom stereocenters. The summed E-state index contributed by atoms with van der Waals surface area (Å²) in [5, 5.41) is 3.65. The lowest BCUT2D eigenvalue weighted by Crippen LogP contribution is -2.34. The van der Waals surface area contributed by atoms with Crippen LogP contribution in [-0.2, 0) is 4.74 Å². The summed E-state index contributed by atoms with van der Waals surface area (Å²) in [6, 6.07) is 4.77. The Bertz CT molecular complexity index is 395. The highest BCUT2D eigenvalue weighted by Gasteiger charge is 2.42. The van der Waals surface area contributed by atoms with E-state index in [0.29, 0.717) is 30.1 Å². The zero-order chi connectivity index (χ0) is 13.3. The van der Waals surface area contributed by atoms with Gasteiger partial charge in [-0.1, -0.05) is 13.8 Å². The molecule has 0 bridgehead atoms. The lowest BCUT2D eigenvalue weighted by molar-refractivity contribution is 0.0477. The molecule has 1 saturated heterocycles. The van der Waals surface area contributed by atoms with Gasteiger partial charge >= 0.3 is 0 Å². The van der Waals surface area contributed by atoms with Gasteiger partial charge in [-0.25, -0.2) is 0 Å². The first-order valence-corrected chi connectivity index (χ1v) is 8.29. The zero-order valence-corrected chi connectivity index (χ0v) is 13.8. The highest BCUT2D eigenvalue weighted by Crippen LogP contribution is 2.42. The van der Waals surface area contributed by atoms with Crippen LogP contribution >= 0.6 is 27.3 Å². The number of hydrogen-bond acceptors (Lipinski definition) is 3. The third-order valence-corrected chi connectivity index (χ3v) is 5.74. The molecule has 0 spiro atoms. The summed E-state index contributed by atoms with van der Waals surface area (Å²) in [4.78, 5) is 1.41. The van der Waals surface area contributed by atoms with Crippen LogP contribution < -0.4 is 5.32 Å². The van der Waals surface area contributed by atoms with Gasteiger partial charge in [0.2, 0.25) is 0 Å². The Balaban J connectivity index is 2.24. The number of rotatable bonds is 4. The second kappa shape index (κ2) is 6.04. The van der Waals surface area contributed by atoms with E-state index in [2.05, 4.69) is 61.1 Å². The second-order valence-electron chi connectivity index (χ2n) is 5.16. The molecule has 2 nitrogen and oxygen atoms in total. The van der Waals surface area contributed by atoms with E-state index < -0.39 is 0 Å². The van der Waals surface area contributed by atoms with Gasteiger partial charge in [-0.2, -0.15) is 0 Å². The van der Waals surface area contributed by atoms with Crippen LogP contribution in [0, 0.1) is 11.8 Å². The van der Waals surface area contributed by atoms with Crippen molar-refractivity contribution < 1.29 is 4.74 Å². The Morgan fingerprint density at radius 2 is 2.06 bits per heavy atom. The highest BCUT2D eigenvalue weighted by molar-refractivity contribution is 9.11. The average molecular weight is 332 g/mol. The Labute approximate surface area is 122 Å². The minimum atomic E-state index is 0.319. The van der Waals surface area contributed by atoms with Gasteiger partial charge in [-0.05, 0) is 54.4 Å². The van der Waals surface area contributed by atoms with Crippen LogP contribution in [0.5, 0.6) is 0 Å². The van der Waals surface area contributed by atoms with Crippen molar-refractivity contribution in [1.82, 2.24) is 5.32 Å². The van der Waals surface area contributed by atoms with Crippen molar-refractivity contribution in [3.05, 3.63) is 20.8 Å². The fraction of sp³-hybridized carbons (Fsp3) is 0.714. The Kier molecular flexibility index (Phi) is 4.86. The van der Waals surface area contributed by atoms with E-state index in [-0.39, 0.29) is 0 Å². The number of nitrogens with one attached hydrogen (secondary N) is 1. The van der Waals surface area contributed by atoms with Crippen molar-refractivity contribution in [3.63, 3.8) is 0 Å². The Morgan fingerprint density at radius 1 is 1.33 bits per heavy atom. The van der Waals surface area contributed by atoms with Gasteiger partial charge in [0.05, 0.1) is 16.0 Å². The molecule has 0 amide bonds. The van der Waals surface area contributed by atoms with Crippen molar-refractivity contribution in [1.29, 1.82) is 0 Å². The van der Waals surface area contributed by atoms with Gasteiger partial charge in [-0.3, -0.25) is 0 Å². The van der Waals surface area contributed by atoms with E-state index in [9.17, 15) is 0 Å². The van der Waals surface area contributed by atoms with Crippen LogP contribution in [0.25, 0.3) is 0 Å². The van der Waals surface area contributed by atoms with Crippen molar-refractivity contribution in [3.8, 4) is 0 Å². The third-order valence-electron chi connectivity index (χ3n) is 4.03. The topological polar surface area (TPSA) is 21.3 Å². The third kappa shape index (κ3) is 2.82. The van der Waals surface area contributed by atoms with Crippen LogP contribution in [0.4, 0.5) is 0 Å². The maximum atomic E-state index is 5.99. The SMILES string of the molecule is CCNC(c1ccc(Br)s1)C1C(C)OC(C)C1C. The monoisotopic (exact) mass is 331 g/mol. The lowest BCUT2D eigenvalue weighted by atomic mass is 9.83. The molecule has 4 heteroatoms. The molecular weight excluding hydrogens is 310 g/mol. The fourth-order valence-corrected chi connectivity index (χ4v) is 4.57. The summed E-state index contributed by atoms with van der Waals surface area (Å²) in [5.41, 5.74) is 0. The maximum absolute atomic E-state index is 5.99.